The maximum absolute atomic E-state index is 11.4. The predicted molar refractivity (Wildman–Crippen MR) is 50.4 cm³/mol. The van der Waals surface area contributed by atoms with Crippen LogP contribution in [0.3, 0.4) is 0 Å². The van der Waals surface area contributed by atoms with E-state index in [1.165, 1.54) is 6.42 Å². The van der Waals surface area contributed by atoms with Crippen molar-refractivity contribution in [2.75, 3.05) is 19.7 Å². The normalized spacial score (nSPS) is 22.7. The molecule has 1 heterocycles. The zero-order chi connectivity index (χ0) is 9.52. The van der Waals surface area contributed by atoms with E-state index in [2.05, 4.69) is 10.6 Å². The topological polar surface area (TPSA) is 61.4 Å². The third-order valence-corrected chi connectivity index (χ3v) is 2.26. The molecule has 4 heteroatoms. The largest absolute Gasteiger partial charge is 0.396 e. The average Bonchev–Trinajstić information content (AvgIpc) is 2.19. The van der Waals surface area contributed by atoms with Gasteiger partial charge >= 0.3 is 0 Å². The zero-order valence-corrected chi connectivity index (χ0v) is 7.88. The van der Waals surface area contributed by atoms with E-state index in [1.54, 1.807) is 0 Å². The summed E-state index contributed by atoms with van der Waals surface area (Å²) in [6.45, 7) is 1.66. The van der Waals surface area contributed by atoms with E-state index >= 15 is 0 Å². The number of piperidine rings is 1. The van der Waals surface area contributed by atoms with Gasteiger partial charge in [0.05, 0.1) is 6.04 Å². The van der Waals surface area contributed by atoms with Crippen LogP contribution in [0.4, 0.5) is 0 Å². The van der Waals surface area contributed by atoms with Crippen LogP contribution in [0.2, 0.25) is 0 Å². The van der Waals surface area contributed by atoms with Crippen molar-refractivity contribution in [1.29, 1.82) is 0 Å². The Balaban J connectivity index is 2.13. The van der Waals surface area contributed by atoms with Crippen LogP contribution in [0.25, 0.3) is 0 Å². The van der Waals surface area contributed by atoms with Gasteiger partial charge in [-0.25, -0.2) is 0 Å². The van der Waals surface area contributed by atoms with E-state index in [0.717, 1.165) is 19.4 Å². The van der Waals surface area contributed by atoms with E-state index in [-0.39, 0.29) is 18.6 Å². The van der Waals surface area contributed by atoms with E-state index in [9.17, 15) is 4.79 Å². The zero-order valence-electron chi connectivity index (χ0n) is 7.88. The average molecular weight is 186 g/mol. The highest BCUT2D eigenvalue weighted by Gasteiger charge is 2.19. The smallest absolute Gasteiger partial charge is 0.237 e. The molecule has 0 spiro atoms. The summed E-state index contributed by atoms with van der Waals surface area (Å²) in [5, 5.41) is 14.5. The molecule has 1 aliphatic rings. The molecule has 0 aromatic carbocycles. The van der Waals surface area contributed by atoms with Crippen molar-refractivity contribution in [2.45, 2.75) is 31.7 Å². The Hall–Kier alpha value is -0.610. The highest BCUT2D eigenvalue weighted by atomic mass is 16.3. The number of carbonyl (C=O) groups excluding carboxylic acids is 1. The van der Waals surface area contributed by atoms with Crippen molar-refractivity contribution in [3.05, 3.63) is 0 Å². The molecular formula is C9H18N2O2. The number of carbonyl (C=O) groups is 1. The minimum Gasteiger partial charge on any atom is -0.396 e. The van der Waals surface area contributed by atoms with Crippen LogP contribution >= 0.6 is 0 Å². The Morgan fingerprint density at radius 1 is 1.54 bits per heavy atom. The number of amides is 1. The van der Waals surface area contributed by atoms with Gasteiger partial charge < -0.3 is 15.7 Å². The summed E-state index contributed by atoms with van der Waals surface area (Å²) in [5.41, 5.74) is 0. The highest BCUT2D eigenvalue weighted by Crippen LogP contribution is 2.06. The van der Waals surface area contributed by atoms with Gasteiger partial charge in [0.1, 0.15) is 0 Å². The molecule has 76 valence electrons. The first-order valence-corrected chi connectivity index (χ1v) is 4.96. The first kappa shape index (κ1) is 10.5. The maximum atomic E-state index is 11.4. The van der Waals surface area contributed by atoms with Gasteiger partial charge in [-0.3, -0.25) is 4.79 Å². The lowest BCUT2D eigenvalue weighted by Gasteiger charge is -2.22. The second-order valence-corrected chi connectivity index (χ2v) is 3.37. The lowest BCUT2D eigenvalue weighted by molar-refractivity contribution is -0.123. The lowest BCUT2D eigenvalue weighted by Crippen LogP contribution is -2.46. The van der Waals surface area contributed by atoms with Crippen molar-refractivity contribution in [1.82, 2.24) is 10.6 Å². The summed E-state index contributed by atoms with van der Waals surface area (Å²) < 4.78 is 0. The quantitative estimate of drug-likeness (QED) is 0.525. The Bertz CT molecular complexity index is 156. The number of aliphatic hydroxyl groups excluding tert-OH is 1. The van der Waals surface area contributed by atoms with E-state index in [4.69, 9.17) is 5.11 Å². The van der Waals surface area contributed by atoms with Gasteiger partial charge in [0.2, 0.25) is 5.91 Å². The van der Waals surface area contributed by atoms with Crippen LogP contribution in [0.1, 0.15) is 25.7 Å². The van der Waals surface area contributed by atoms with Gasteiger partial charge in [0.15, 0.2) is 0 Å². The SMILES string of the molecule is O=C(NCCCO)[C@@H]1CCCCN1. The molecule has 1 saturated heterocycles. The number of rotatable bonds is 4. The fourth-order valence-corrected chi connectivity index (χ4v) is 1.49. The summed E-state index contributed by atoms with van der Waals surface area (Å²) in [7, 11) is 0. The Labute approximate surface area is 78.7 Å². The van der Waals surface area contributed by atoms with Crippen molar-refractivity contribution in [3.63, 3.8) is 0 Å². The van der Waals surface area contributed by atoms with Crippen molar-refractivity contribution in [3.8, 4) is 0 Å². The van der Waals surface area contributed by atoms with Gasteiger partial charge in [-0.2, -0.15) is 0 Å². The second kappa shape index (κ2) is 5.94. The molecule has 0 saturated carbocycles. The molecule has 0 bridgehead atoms. The monoisotopic (exact) mass is 186 g/mol. The molecular weight excluding hydrogens is 168 g/mol. The standard InChI is InChI=1S/C9H18N2O2/c12-7-3-6-11-9(13)8-4-1-2-5-10-8/h8,10,12H,1-7H2,(H,11,13)/t8-/m0/s1. The molecule has 0 unspecified atom stereocenters. The molecule has 1 aliphatic heterocycles. The molecule has 0 radical (unpaired) electrons. The van der Waals surface area contributed by atoms with Gasteiger partial charge in [-0.1, -0.05) is 6.42 Å². The molecule has 13 heavy (non-hydrogen) atoms. The van der Waals surface area contributed by atoms with E-state index < -0.39 is 0 Å². The second-order valence-electron chi connectivity index (χ2n) is 3.37. The Morgan fingerprint density at radius 3 is 3.00 bits per heavy atom. The lowest BCUT2D eigenvalue weighted by atomic mass is 10.0. The van der Waals surface area contributed by atoms with Crippen LogP contribution in [0.15, 0.2) is 0 Å². The van der Waals surface area contributed by atoms with Crippen LogP contribution in [0.5, 0.6) is 0 Å². The van der Waals surface area contributed by atoms with Crippen LogP contribution < -0.4 is 10.6 Å². The fourth-order valence-electron chi connectivity index (χ4n) is 1.49. The number of nitrogens with one attached hydrogen (secondary N) is 2. The molecule has 0 aromatic heterocycles. The van der Waals surface area contributed by atoms with E-state index in [1.807, 2.05) is 0 Å². The molecule has 0 aromatic rings. The summed E-state index contributed by atoms with van der Waals surface area (Å²) in [6.07, 6.45) is 3.87. The Kier molecular flexibility index (Phi) is 4.78. The number of aliphatic hydroxyl groups is 1. The summed E-state index contributed by atoms with van der Waals surface area (Å²) in [6, 6.07) is -0.00700. The molecule has 4 nitrogen and oxygen atoms in total. The minimum atomic E-state index is -0.00700. The number of hydrogen-bond acceptors (Lipinski definition) is 3. The summed E-state index contributed by atoms with van der Waals surface area (Å²) >= 11 is 0. The van der Waals surface area contributed by atoms with Gasteiger partial charge in [0.25, 0.3) is 0 Å². The minimum absolute atomic E-state index is 0.00700. The molecule has 1 fully saturated rings. The first-order chi connectivity index (χ1) is 6.34. The fraction of sp³-hybridized carbons (Fsp3) is 0.889. The maximum Gasteiger partial charge on any atom is 0.237 e. The number of hydrogen-bond donors (Lipinski definition) is 3. The van der Waals surface area contributed by atoms with Crippen LogP contribution in [0, 0.1) is 0 Å². The van der Waals surface area contributed by atoms with Gasteiger partial charge in [-0.05, 0) is 25.8 Å². The highest BCUT2D eigenvalue weighted by molar-refractivity contribution is 5.81. The molecule has 1 atom stereocenters. The predicted octanol–water partition coefficient (Wildman–Crippen LogP) is -0.373. The van der Waals surface area contributed by atoms with Crippen LogP contribution in [-0.4, -0.2) is 36.8 Å². The molecule has 3 N–H and O–H groups in total. The molecule has 1 amide bonds. The Morgan fingerprint density at radius 2 is 2.38 bits per heavy atom. The van der Waals surface area contributed by atoms with Crippen molar-refractivity contribution < 1.29 is 9.90 Å². The van der Waals surface area contributed by atoms with Gasteiger partial charge in [0, 0.05) is 13.2 Å². The summed E-state index contributed by atoms with van der Waals surface area (Å²) in [4.78, 5) is 11.4. The third kappa shape index (κ3) is 3.74. The first-order valence-electron chi connectivity index (χ1n) is 4.96. The van der Waals surface area contributed by atoms with E-state index in [0.29, 0.717) is 13.0 Å². The molecule has 0 aliphatic carbocycles. The van der Waals surface area contributed by atoms with Crippen LogP contribution in [-0.2, 0) is 4.79 Å². The third-order valence-electron chi connectivity index (χ3n) is 2.26. The van der Waals surface area contributed by atoms with Gasteiger partial charge in [-0.15, -0.1) is 0 Å². The summed E-state index contributed by atoms with van der Waals surface area (Å²) in [5.74, 6) is 0.0770. The van der Waals surface area contributed by atoms with Crippen molar-refractivity contribution >= 4 is 5.91 Å². The molecule has 1 rings (SSSR count). The van der Waals surface area contributed by atoms with Crippen molar-refractivity contribution in [2.24, 2.45) is 0 Å².